The average molecular weight is 250 g/mol. The molecule has 0 unspecified atom stereocenters. The molecule has 0 fully saturated rings. The number of H-pyrrole nitrogens is 1. The van der Waals surface area contributed by atoms with Gasteiger partial charge in [-0.25, -0.2) is 0 Å². The predicted octanol–water partition coefficient (Wildman–Crippen LogP) is 1.89. The van der Waals surface area contributed by atoms with Crippen molar-refractivity contribution >= 4 is 0 Å². The number of aromatic nitrogens is 4. The van der Waals surface area contributed by atoms with Crippen molar-refractivity contribution in [3.05, 3.63) is 65.3 Å². The monoisotopic (exact) mass is 250 g/mol. The van der Waals surface area contributed by atoms with E-state index in [1.165, 1.54) is 6.07 Å². The standard InChI is InChI=1S/C14H10N4O/c19-13-9-12(10-1-5-15-6-2-10)17-18-14(13)11-3-7-16-8-4-11/h1-9H,(H,17,19). The molecule has 5 heteroatoms. The molecule has 0 spiro atoms. The first kappa shape index (κ1) is 11.3. The number of pyridine rings is 2. The highest BCUT2D eigenvalue weighted by atomic mass is 16.1. The third-order valence-corrected chi connectivity index (χ3v) is 2.74. The van der Waals surface area contributed by atoms with Crippen molar-refractivity contribution in [2.24, 2.45) is 0 Å². The molecule has 0 amide bonds. The zero-order valence-corrected chi connectivity index (χ0v) is 9.95. The first-order valence-electron chi connectivity index (χ1n) is 5.75. The minimum absolute atomic E-state index is 0.128. The summed E-state index contributed by atoms with van der Waals surface area (Å²) in [5, 5.41) is 7.03. The molecule has 0 bridgehead atoms. The van der Waals surface area contributed by atoms with Gasteiger partial charge in [0.1, 0.15) is 5.69 Å². The fourth-order valence-electron chi connectivity index (χ4n) is 1.80. The van der Waals surface area contributed by atoms with Gasteiger partial charge in [-0.15, -0.1) is 0 Å². The molecule has 19 heavy (non-hydrogen) atoms. The maximum atomic E-state index is 12.1. The lowest BCUT2D eigenvalue weighted by molar-refractivity contribution is 1.03. The molecule has 1 N–H and O–H groups in total. The Morgan fingerprint density at radius 2 is 1.42 bits per heavy atom. The van der Waals surface area contributed by atoms with Gasteiger partial charge in [-0.1, -0.05) is 0 Å². The first-order chi connectivity index (χ1) is 9.34. The Morgan fingerprint density at radius 3 is 2.00 bits per heavy atom. The van der Waals surface area contributed by atoms with Gasteiger partial charge in [0, 0.05) is 42.0 Å². The van der Waals surface area contributed by atoms with Crippen molar-refractivity contribution in [2.45, 2.75) is 0 Å². The molecule has 3 rings (SSSR count). The Labute approximate surface area is 109 Å². The molecule has 0 radical (unpaired) electrons. The van der Waals surface area contributed by atoms with Crippen LogP contribution in [0.5, 0.6) is 0 Å². The topological polar surface area (TPSA) is 71.5 Å². The molecular weight excluding hydrogens is 240 g/mol. The molecule has 0 aliphatic carbocycles. The highest BCUT2D eigenvalue weighted by molar-refractivity contribution is 5.62. The van der Waals surface area contributed by atoms with Gasteiger partial charge in [0.25, 0.3) is 0 Å². The second-order valence-electron chi connectivity index (χ2n) is 3.97. The van der Waals surface area contributed by atoms with Crippen LogP contribution in [0.15, 0.2) is 59.9 Å². The summed E-state index contributed by atoms with van der Waals surface area (Å²) in [5.41, 5.74) is 2.56. The van der Waals surface area contributed by atoms with Crippen LogP contribution in [-0.2, 0) is 0 Å². The third-order valence-electron chi connectivity index (χ3n) is 2.74. The molecule has 0 aromatic carbocycles. The summed E-state index contributed by atoms with van der Waals surface area (Å²) in [6.45, 7) is 0. The lowest BCUT2D eigenvalue weighted by Crippen LogP contribution is -2.08. The van der Waals surface area contributed by atoms with Crippen LogP contribution in [-0.4, -0.2) is 20.2 Å². The maximum absolute atomic E-state index is 12.1. The van der Waals surface area contributed by atoms with Crippen molar-refractivity contribution in [1.82, 2.24) is 20.2 Å². The van der Waals surface area contributed by atoms with Crippen LogP contribution in [0.25, 0.3) is 22.5 Å². The summed E-state index contributed by atoms with van der Waals surface area (Å²) >= 11 is 0. The van der Waals surface area contributed by atoms with Gasteiger partial charge < -0.3 is 0 Å². The molecule has 5 nitrogen and oxygen atoms in total. The second-order valence-corrected chi connectivity index (χ2v) is 3.97. The molecule has 0 atom stereocenters. The second kappa shape index (κ2) is 4.81. The van der Waals surface area contributed by atoms with Crippen LogP contribution >= 0.6 is 0 Å². The van der Waals surface area contributed by atoms with Gasteiger partial charge in [-0.3, -0.25) is 19.9 Å². The van der Waals surface area contributed by atoms with E-state index in [1.807, 2.05) is 12.1 Å². The fourth-order valence-corrected chi connectivity index (χ4v) is 1.80. The van der Waals surface area contributed by atoms with Gasteiger partial charge in [-0.05, 0) is 24.3 Å². The summed E-state index contributed by atoms with van der Waals surface area (Å²) < 4.78 is 0. The molecule has 92 valence electrons. The maximum Gasteiger partial charge on any atom is 0.208 e. The molecule has 0 saturated carbocycles. The van der Waals surface area contributed by atoms with Gasteiger partial charge in [0.05, 0.1) is 5.69 Å². The predicted molar refractivity (Wildman–Crippen MR) is 71.3 cm³/mol. The van der Waals surface area contributed by atoms with Crippen LogP contribution in [0.3, 0.4) is 0 Å². The minimum atomic E-state index is -0.128. The lowest BCUT2D eigenvalue weighted by atomic mass is 10.1. The summed E-state index contributed by atoms with van der Waals surface area (Å²) in [4.78, 5) is 20.0. The Hall–Kier alpha value is -2.82. The van der Waals surface area contributed by atoms with E-state index < -0.39 is 0 Å². The van der Waals surface area contributed by atoms with E-state index in [4.69, 9.17) is 0 Å². The van der Waals surface area contributed by atoms with Crippen molar-refractivity contribution < 1.29 is 0 Å². The normalized spacial score (nSPS) is 10.3. The van der Waals surface area contributed by atoms with Crippen molar-refractivity contribution in [3.63, 3.8) is 0 Å². The van der Waals surface area contributed by atoms with Gasteiger partial charge in [-0.2, -0.15) is 5.10 Å². The quantitative estimate of drug-likeness (QED) is 0.754. The molecule has 3 aromatic heterocycles. The van der Waals surface area contributed by atoms with Gasteiger partial charge in [0.15, 0.2) is 0 Å². The number of nitrogens with zero attached hydrogens (tertiary/aromatic N) is 3. The van der Waals surface area contributed by atoms with E-state index in [9.17, 15) is 4.79 Å². The van der Waals surface area contributed by atoms with E-state index in [0.29, 0.717) is 11.4 Å². The van der Waals surface area contributed by atoms with Crippen molar-refractivity contribution in [1.29, 1.82) is 0 Å². The Morgan fingerprint density at radius 1 is 0.842 bits per heavy atom. The summed E-state index contributed by atoms with van der Waals surface area (Å²) in [6, 6.07) is 8.68. The number of hydrogen-bond donors (Lipinski definition) is 1. The molecule has 3 aromatic rings. The van der Waals surface area contributed by atoms with E-state index in [0.717, 1.165) is 11.1 Å². The fraction of sp³-hybridized carbons (Fsp3) is 0. The number of nitrogens with one attached hydrogen (secondary N) is 1. The van der Waals surface area contributed by atoms with Crippen LogP contribution in [0.4, 0.5) is 0 Å². The number of hydrogen-bond acceptors (Lipinski definition) is 4. The molecule has 3 heterocycles. The molecule has 0 saturated heterocycles. The van der Waals surface area contributed by atoms with E-state index in [2.05, 4.69) is 20.2 Å². The Kier molecular flexibility index (Phi) is 2.86. The van der Waals surface area contributed by atoms with Crippen LogP contribution in [0.1, 0.15) is 0 Å². The van der Waals surface area contributed by atoms with Crippen LogP contribution < -0.4 is 5.43 Å². The smallest absolute Gasteiger partial charge is 0.208 e. The SMILES string of the molecule is O=c1cc(-c2ccncc2)[nH]nc1-c1ccncc1. The molecule has 0 aliphatic rings. The highest BCUT2D eigenvalue weighted by Crippen LogP contribution is 2.15. The molecule has 0 aliphatic heterocycles. The van der Waals surface area contributed by atoms with Gasteiger partial charge >= 0.3 is 0 Å². The van der Waals surface area contributed by atoms with Crippen LogP contribution in [0.2, 0.25) is 0 Å². The van der Waals surface area contributed by atoms with Crippen molar-refractivity contribution in [2.75, 3.05) is 0 Å². The first-order valence-corrected chi connectivity index (χ1v) is 5.75. The zero-order valence-electron chi connectivity index (χ0n) is 9.95. The number of rotatable bonds is 2. The Bertz CT molecular complexity index is 738. The lowest BCUT2D eigenvalue weighted by Gasteiger charge is -2.03. The summed E-state index contributed by atoms with van der Waals surface area (Å²) in [5.74, 6) is 0. The number of aromatic amines is 1. The van der Waals surface area contributed by atoms with E-state index in [-0.39, 0.29) is 5.43 Å². The zero-order chi connectivity index (χ0) is 13.1. The van der Waals surface area contributed by atoms with E-state index in [1.54, 1.807) is 36.9 Å². The van der Waals surface area contributed by atoms with Crippen molar-refractivity contribution in [3.8, 4) is 22.5 Å². The summed E-state index contributed by atoms with van der Waals surface area (Å²) in [6.07, 6.45) is 6.61. The Balaban J connectivity index is 2.07. The minimum Gasteiger partial charge on any atom is -0.287 e. The van der Waals surface area contributed by atoms with E-state index >= 15 is 0 Å². The average Bonchev–Trinajstić information content (AvgIpc) is 2.49. The third kappa shape index (κ3) is 2.26. The summed E-state index contributed by atoms with van der Waals surface area (Å²) in [7, 11) is 0. The largest absolute Gasteiger partial charge is 0.287 e. The highest BCUT2D eigenvalue weighted by Gasteiger charge is 2.06. The van der Waals surface area contributed by atoms with Gasteiger partial charge in [0.2, 0.25) is 5.43 Å². The van der Waals surface area contributed by atoms with Crippen LogP contribution in [0, 0.1) is 0 Å². The molecular formula is C14H10N4O.